The van der Waals surface area contributed by atoms with Gasteiger partial charge in [0.2, 0.25) is 0 Å². The van der Waals surface area contributed by atoms with Crippen LogP contribution in [0.5, 0.6) is 5.75 Å². The molecule has 0 fully saturated rings. The van der Waals surface area contributed by atoms with Crippen molar-refractivity contribution in [3.8, 4) is 5.75 Å². The molecule has 0 aromatic heterocycles. The Morgan fingerprint density at radius 3 is 2.38 bits per heavy atom. The molecule has 1 N–H and O–H groups in total. The predicted molar refractivity (Wildman–Crippen MR) is 60.9 cm³/mol. The fourth-order valence-electron chi connectivity index (χ4n) is 1.94. The van der Waals surface area contributed by atoms with Crippen molar-refractivity contribution in [1.29, 1.82) is 0 Å². The third-order valence-corrected chi connectivity index (χ3v) is 2.74. The molecule has 3 nitrogen and oxygen atoms in total. The Hall–Kier alpha value is -2.16. The van der Waals surface area contributed by atoms with Crippen molar-refractivity contribution in [2.24, 2.45) is 10.2 Å². The zero-order chi connectivity index (χ0) is 11.0. The average molecular weight is 210 g/mol. The molecule has 1 heterocycles. The summed E-state index contributed by atoms with van der Waals surface area (Å²) in [5.41, 5.74) is 2.73. The Bertz CT molecular complexity index is 563. The zero-order valence-electron chi connectivity index (χ0n) is 8.54. The molecule has 0 bridgehead atoms. The summed E-state index contributed by atoms with van der Waals surface area (Å²) in [6.07, 6.45) is 0. The highest BCUT2D eigenvalue weighted by molar-refractivity contribution is 5.54. The molecule has 0 spiro atoms. The van der Waals surface area contributed by atoms with Gasteiger partial charge in [-0.2, -0.15) is 10.2 Å². The van der Waals surface area contributed by atoms with Crippen LogP contribution in [0, 0.1) is 0 Å². The van der Waals surface area contributed by atoms with E-state index < -0.39 is 0 Å². The van der Waals surface area contributed by atoms with Crippen molar-refractivity contribution < 1.29 is 5.11 Å². The van der Waals surface area contributed by atoms with Gasteiger partial charge in [0.05, 0.1) is 5.69 Å². The third kappa shape index (κ3) is 1.29. The SMILES string of the molecule is Oc1ccccc1C1N=Nc2ccccc21. The van der Waals surface area contributed by atoms with Crippen LogP contribution in [-0.4, -0.2) is 5.11 Å². The van der Waals surface area contributed by atoms with E-state index in [0.29, 0.717) is 0 Å². The van der Waals surface area contributed by atoms with Gasteiger partial charge in [-0.1, -0.05) is 36.4 Å². The first-order valence-electron chi connectivity index (χ1n) is 5.14. The van der Waals surface area contributed by atoms with Gasteiger partial charge in [0.1, 0.15) is 11.8 Å². The largest absolute Gasteiger partial charge is 0.508 e. The number of para-hydroxylation sites is 1. The highest BCUT2D eigenvalue weighted by Crippen LogP contribution is 2.41. The van der Waals surface area contributed by atoms with Gasteiger partial charge < -0.3 is 5.11 Å². The van der Waals surface area contributed by atoms with Crippen molar-refractivity contribution in [3.63, 3.8) is 0 Å². The minimum Gasteiger partial charge on any atom is -0.508 e. The van der Waals surface area contributed by atoms with Crippen molar-refractivity contribution in [1.82, 2.24) is 0 Å². The highest BCUT2D eigenvalue weighted by atomic mass is 16.3. The van der Waals surface area contributed by atoms with Crippen molar-refractivity contribution >= 4 is 5.69 Å². The first kappa shape index (κ1) is 9.09. The number of benzene rings is 2. The fraction of sp³-hybridized carbons (Fsp3) is 0.0769. The number of phenols is 1. The lowest BCUT2D eigenvalue weighted by Crippen LogP contribution is -1.94. The summed E-state index contributed by atoms with van der Waals surface area (Å²) in [6.45, 7) is 0. The van der Waals surface area contributed by atoms with Gasteiger partial charge in [0.25, 0.3) is 0 Å². The number of phenolic OH excluding ortho intramolecular Hbond substituents is 1. The molecule has 0 aliphatic carbocycles. The number of hydrogen-bond donors (Lipinski definition) is 1. The molecule has 2 aromatic carbocycles. The summed E-state index contributed by atoms with van der Waals surface area (Å²) < 4.78 is 0. The maximum Gasteiger partial charge on any atom is 0.127 e. The molecule has 1 aliphatic rings. The average Bonchev–Trinajstić information content (AvgIpc) is 2.74. The van der Waals surface area contributed by atoms with E-state index in [9.17, 15) is 5.11 Å². The summed E-state index contributed by atoms with van der Waals surface area (Å²) in [5, 5.41) is 18.1. The maximum atomic E-state index is 9.79. The van der Waals surface area contributed by atoms with E-state index in [1.807, 2.05) is 36.4 Å². The van der Waals surface area contributed by atoms with Gasteiger partial charge in [0, 0.05) is 11.1 Å². The molecule has 1 unspecified atom stereocenters. The molecule has 78 valence electrons. The monoisotopic (exact) mass is 210 g/mol. The number of hydrogen-bond acceptors (Lipinski definition) is 3. The van der Waals surface area contributed by atoms with Crippen molar-refractivity contribution in [3.05, 3.63) is 59.7 Å². The number of fused-ring (bicyclic) bond motifs is 1. The van der Waals surface area contributed by atoms with E-state index in [1.165, 1.54) is 0 Å². The number of rotatable bonds is 1. The van der Waals surface area contributed by atoms with E-state index in [4.69, 9.17) is 0 Å². The molecular formula is C13H10N2O. The summed E-state index contributed by atoms with van der Waals surface area (Å²) in [7, 11) is 0. The van der Waals surface area contributed by atoms with Gasteiger partial charge in [0.15, 0.2) is 0 Å². The molecule has 1 aliphatic heterocycles. The third-order valence-electron chi connectivity index (χ3n) is 2.74. The Kier molecular flexibility index (Phi) is 1.96. The van der Waals surface area contributed by atoms with Crippen LogP contribution in [0.25, 0.3) is 0 Å². The molecule has 16 heavy (non-hydrogen) atoms. The lowest BCUT2D eigenvalue weighted by molar-refractivity contribution is 0.465. The molecule has 1 atom stereocenters. The predicted octanol–water partition coefficient (Wildman–Crippen LogP) is 3.58. The van der Waals surface area contributed by atoms with E-state index in [1.54, 1.807) is 12.1 Å². The first-order valence-corrected chi connectivity index (χ1v) is 5.14. The van der Waals surface area contributed by atoms with Crippen LogP contribution in [0.3, 0.4) is 0 Å². The van der Waals surface area contributed by atoms with Gasteiger partial charge in [-0.15, -0.1) is 0 Å². The van der Waals surface area contributed by atoms with E-state index in [0.717, 1.165) is 16.8 Å². The maximum absolute atomic E-state index is 9.79. The Morgan fingerprint density at radius 1 is 0.875 bits per heavy atom. The fourth-order valence-corrected chi connectivity index (χ4v) is 1.94. The molecule has 0 saturated carbocycles. The molecule has 3 heteroatoms. The van der Waals surface area contributed by atoms with Crippen LogP contribution in [-0.2, 0) is 0 Å². The Morgan fingerprint density at radius 2 is 1.56 bits per heavy atom. The highest BCUT2D eigenvalue weighted by Gasteiger charge is 2.23. The molecule has 0 radical (unpaired) electrons. The normalized spacial score (nSPS) is 17.4. The smallest absolute Gasteiger partial charge is 0.127 e. The summed E-state index contributed by atoms with van der Waals surface area (Å²) in [4.78, 5) is 0. The zero-order valence-corrected chi connectivity index (χ0v) is 8.54. The summed E-state index contributed by atoms with van der Waals surface area (Å²) >= 11 is 0. The Balaban J connectivity index is 2.12. The van der Waals surface area contributed by atoms with Crippen molar-refractivity contribution in [2.75, 3.05) is 0 Å². The number of aromatic hydroxyl groups is 1. The number of nitrogens with zero attached hydrogens (tertiary/aromatic N) is 2. The van der Waals surface area contributed by atoms with E-state index >= 15 is 0 Å². The van der Waals surface area contributed by atoms with Gasteiger partial charge >= 0.3 is 0 Å². The number of azo groups is 1. The molecule has 0 saturated heterocycles. The summed E-state index contributed by atoms with van der Waals surface area (Å²) in [5.74, 6) is 0.267. The van der Waals surface area contributed by atoms with Crippen molar-refractivity contribution in [2.45, 2.75) is 6.04 Å². The lowest BCUT2D eigenvalue weighted by Gasteiger charge is -2.09. The summed E-state index contributed by atoms with van der Waals surface area (Å²) in [6, 6.07) is 14.9. The molecule has 2 aromatic rings. The second kappa shape index (κ2) is 3.45. The van der Waals surface area contributed by atoms with Crippen LogP contribution in [0.4, 0.5) is 5.69 Å². The van der Waals surface area contributed by atoms with Crippen LogP contribution in [0.1, 0.15) is 17.2 Å². The first-order chi connectivity index (χ1) is 7.86. The quantitative estimate of drug-likeness (QED) is 0.768. The topological polar surface area (TPSA) is 45.0 Å². The second-order valence-corrected chi connectivity index (χ2v) is 3.74. The molecule has 0 amide bonds. The van der Waals surface area contributed by atoms with Gasteiger partial charge in [-0.25, -0.2) is 0 Å². The Labute approximate surface area is 93.1 Å². The second-order valence-electron chi connectivity index (χ2n) is 3.74. The molecular weight excluding hydrogens is 200 g/mol. The molecule has 3 rings (SSSR count). The minimum atomic E-state index is -0.169. The van der Waals surface area contributed by atoms with E-state index in [-0.39, 0.29) is 11.8 Å². The van der Waals surface area contributed by atoms with Gasteiger partial charge in [-0.3, -0.25) is 0 Å². The van der Waals surface area contributed by atoms with Crippen LogP contribution >= 0.6 is 0 Å². The minimum absolute atomic E-state index is 0.169. The lowest BCUT2D eigenvalue weighted by atomic mass is 9.98. The standard InChI is InChI=1S/C13H10N2O/c16-12-8-4-2-6-10(12)13-9-5-1-3-7-11(9)14-15-13/h1-8,13,16H. The van der Waals surface area contributed by atoms with Gasteiger partial charge in [-0.05, 0) is 12.1 Å². The van der Waals surface area contributed by atoms with E-state index in [2.05, 4.69) is 10.2 Å². The van der Waals surface area contributed by atoms with Crippen LogP contribution < -0.4 is 0 Å². The van der Waals surface area contributed by atoms with Crippen LogP contribution in [0.15, 0.2) is 58.8 Å². The van der Waals surface area contributed by atoms with Crippen LogP contribution in [0.2, 0.25) is 0 Å².